The standard InChI is InChI=1S/C19H20IN3/c20-23-18-13-7-6-12-17(18)22-16-11-5-4-10-15(16)21(19(22)23)14-8-2-1-3-9-14/h2,4-8,10-14,17-19H,1,3,9H2. The molecule has 2 aliphatic carbocycles. The van der Waals surface area contributed by atoms with Gasteiger partial charge in [-0.1, -0.05) is 48.6 Å². The van der Waals surface area contributed by atoms with Crippen molar-refractivity contribution in [3.63, 3.8) is 0 Å². The van der Waals surface area contributed by atoms with Crippen LogP contribution in [0.3, 0.4) is 0 Å². The number of fused-ring (bicyclic) bond motifs is 5. The van der Waals surface area contributed by atoms with Crippen molar-refractivity contribution in [2.45, 2.75) is 43.7 Å². The molecule has 0 spiro atoms. The molecular weight excluding hydrogens is 397 g/mol. The van der Waals surface area contributed by atoms with Crippen LogP contribution in [-0.4, -0.2) is 27.5 Å². The van der Waals surface area contributed by atoms with Crippen molar-refractivity contribution >= 4 is 34.2 Å². The lowest BCUT2D eigenvalue weighted by Gasteiger charge is -2.37. The van der Waals surface area contributed by atoms with Crippen LogP contribution in [0.5, 0.6) is 0 Å². The van der Waals surface area contributed by atoms with E-state index in [1.54, 1.807) is 0 Å². The zero-order valence-corrected chi connectivity index (χ0v) is 15.1. The van der Waals surface area contributed by atoms with E-state index in [2.05, 4.69) is 96.5 Å². The Balaban J connectivity index is 1.64. The van der Waals surface area contributed by atoms with E-state index in [0.717, 1.165) is 0 Å². The molecule has 0 radical (unpaired) electrons. The second kappa shape index (κ2) is 5.38. The third-order valence-electron chi connectivity index (χ3n) is 5.43. The van der Waals surface area contributed by atoms with Crippen molar-refractivity contribution < 1.29 is 0 Å². The SMILES string of the molecule is IN1C2C=CC=CC2N2c3ccccc3N(C3C=CCCC3)C12. The number of para-hydroxylation sites is 2. The molecule has 3 nitrogen and oxygen atoms in total. The van der Waals surface area contributed by atoms with Gasteiger partial charge in [-0.15, -0.1) is 0 Å². The van der Waals surface area contributed by atoms with Crippen LogP contribution < -0.4 is 9.80 Å². The molecule has 4 atom stereocenters. The molecule has 1 aromatic carbocycles. The number of rotatable bonds is 1. The molecule has 4 aliphatic rings. The minimum atomic E-state index is 0.308. The van der Waals surface area contributed by atoms with Crippen LogP contribution in [0.15, 0.2) is 60.7 Å². The van der Waals surface area contributed by atoms with Gasteiger partial charge in [-0.3, -0.25) is 0 Å². The Morgan fingerprint density at radius 1 is 0.913 bits per heavy atom. The van der Waals surface area contributed by atoms with Crippen molar-refractivity contribution in [2.75, 3.05) is 9.80 Å². The van der Waals surface area contributed by atoms with Crippen LogP contribution in [0.1, 0.15) is 19.3 Å². The lowest BCUT2D eigenvalue weighted by molar-refractivity contribution is 0.393. The van der Waals surface area contributed by atoms with E-state index >= 15 is 0 Å². The molecule has 0 bridgehead atoms. The van der Waals surface area contributed by atoms with E-state index in [-0.39, 0.29) is 0 Å². The molecule has 4 unspecified atom stereocenters. The summed E-state index contributed by atoms with van der Waals surface area (Å²) in [6.45, 7) is 0. The van der Waals surface area contributed by atoms with Gasteiger partial charge >= 0.3 is 0 Å². The fourth-order valence-corrected chi connectivity index (χ4v) is 5.49. The molecule has 2 heterocycles. The van der Waals surface area contributed by atoms with E-state index in [9.17, 15) is 0 Å². The normalized spacial score (nSPS) is 34.7. The minimum absolute atomic E-state index is 0.308. The first-order valence-electron chi connectivity index (χ1n) is 8.48. The summed E-state index contributed by atoms with van der Waals surface area (Å²) in [6.07, 6.45) is 17.9. The molecule has 2 aliphatic heterocycles. The van der Waals surface area contributed by atoms with Gasteiger partial charge in [0.1, 0.15) is 0 Å². The largest absolute Gasteiger partial charge is 0.330 e. The maximum Gasteiger partial charge on any atom is 0.170 e. The van der Waals surface area contributed by atoms with Crippen LogP contribution in [0.25, 0.3) is 0 Å². The molecule has 0 aromatic heterocycles. The summed E-state index contributed by atoms with van der Waals surface area (Å²) in [5, 5.41) is 0. The second-order valence-electron chi connectivity index (χ2n) is 6.67. The number of halogens is 1. The number of anilines is 2. The summed E-state index contributed by atoms with van der Waals surface area (Å²) < 4.78 is 2.50. The molecular formula is C19H20IN3. The lowest BCUT2D eigenvalue weighted by Crippen LogP contribution is -2.50. The Bertz CT molecular complexity index is 695. The maximum absolute atomic E-state index is 2.64. The van der Waals surface area contributed by atoms with E-state index < -0.39 is 0 Å². The summed E-state index contributed by atoms with van der Waals surface area (Å²) in [5.41, 5.74) is 2.77. The van der Waals surface area contributed by atoms with Crippen LogP contribution in [0.4, 0.5) is 11.4 Å². The van der Waals surface area contributed by atoms with Crippen molar-refractivity contribution in [1.29, 1.82) is 0 Å². The molecule has 0 N–H and O–H groups in total. The molecule has 1 aromatic rings. The van der Waals surface area contributed by atoms with Crippen LogP contribution in [0.2, 0.25) is 0 Å². The third kappa shape index (κ3) is 1.97. The Morgan fingerprint density at radius 2 is 1.65 bits per heavy atom. The van der Waals surface area contributed by atoms with Gasteiger partial charge in [-0.25, -0.2) is 0 Å². The van der Waals surface area contributed by atoms with E-state index in [4.69, 9.17) is 0 Å². The van der Waals surface area contributed by atoms with Crippen molar-refractivity contribution in [1.82, 2.24) is 3.11 Å². The van der Waals surface area contributed by atoms with Gasteiger partial charge in [0.05, 0.1) is 29.5 Å². The molecule has 1 saturated heterocycles. The molecule has 5 rings (SSSR count). The van der Waals surface area contributed by atoms with Crippen LogP contribution in [-0.2, 0) is 0 Å². The smallest absolute Gasteiger partial charge is 0.170 e. The number of benzene rings is 1. The Kier molecular flexibility index (Phi) is 3.30. The van der Waals surface area contributed by atoms with Gasteiger partial charge < -0.3 is 9.80 Å². The zero-order valence-electron chi connectivity index (χ0n) is 12.9. The van der Waals surface area contributed by atoms with Crippen molar-refractivity contribution in [2.24, 2.45) is 0 Å². The lowest BCUT2D eigenvalue weighted by atomic mass is 10.0. The highest BCUT2D eigenvalue weighted by atomic mass is 127. The molecule has 0 amide bonds. The highest BCUT2D eigenvalue weighted by molar-refractivity contribution is 14.1. The zero-order chi connectivity index (χ0) is 15.4. The van der Waals surface area contributed by atoms with Crippen molar-refractivity contribution in [3.8, 4) is 0 Å². The fourth-order valence-electron chi connectivity index (χ4n) is 4.44. The topological polar surface area (TPSA) is 9.72 Å². The predicted octanol–water partition coefficient (Wildman–Crippen LogP) is 4.23. The summed E-state index contributed by atoms with van der Waals surface area (Å²) in [6, 6.07) is 10.3. The maximum atomic E-state index is 2.64. The average molecular weight is 417 g/mol. The number of nitrogens with zero attached hydrogens (tertiary/aromatic N) is 3. The molecule has 0 saturated carbocycles. The first-order chi connectivity index (χ1) is 11.4. The molecule has 118 valence electrons. The monoisotopic (exact) mass is 417 g/mol. The molecule has 4 heteroatoms. The first kappa shape index (κ1) is 14.1. The highest BCUT2D eigenvalue weighted by Gasteiger charge is 2.53. The minimum Gasteiger partial charge on any atom is -0.330 e. The summed E-state index contributed by atoms with van der Waals surface area (Å²) >= 11 is 2.53. The van der Waals surface area contributed by atoms with E-state index in [0.29, 0.717) is 24.4 Å². The third-order valence-corrected chi connectivity index (χ3v) is 6.57. The number of hydrogen-bond donors (Lipinski definition) is 0. The van der Waals surface area contributed by atoms with Gasteiger partial charge in [0, 0.05) is 22.9 Å². The van der Waals surface area contributed by atoms with Crippen LogP contribution >= 0.6 is 22.9 Å². The van der Waals surface area contributed by atoms with Gasteiger partial charge in [0.25, 0.3) is 0 Å². The van der Waals surface area contributed by atoms with Gasteiger partial charge in [0.2, 0.25) is 0 Å². The molecule has 1 fully saturated rings. The van der Waals surface area contributed by atoms with Crippen molar-refractivity contribution in [3.05, 3.63) is 60.7 Å². The number of hydrogen-bond acceptors (Lipinski definition) is 3. The van der Waals surface area contributed by atoms with E-state index in [1.807, 2.05) is 0 Å². The summed E-state index contributed by atoms with van der Waals surface area (Å²) in [5.74, 6) is 0. The van der Waals surface area contributed by atoms with E-state index in [1.165, 1.54) is 30.6 Å². The van der Waals surface area contributed by atoms with Gasteiger partial charge in [-0.05, 0) is 31.4 Å². The van der Waals surface area contributed by atoms with Gasteiger partial charge in [0.15, 0.2) is 6.29 Å². The van der Waals surface area contributed by atoms with Crippen LogP contribution in [0, 0.1) is 0 Å². The predicted molar refractivity (Wildman–Crippen MR) is 104 cm³/mol. The Hall–Kier alpha value is -1.27. The average Bonchev–Trinajstić information content (AvgIpc) is 3.10. The second-order valence-corrected chi connectivity index (χ2v) is 7.79. The fraction of sp³-hybridized carbons (Fsp3) is 0.368. The Morgan fingerprint density at radius 3 is 2.39 bits per heavy atom. The number of allylic oxidation sites excluding steroid dienone is 3. The highest BCUT2D eigenvalue weighted by Crippen LogP contribution is 2.50. The summed E-state index contributed by atoms with van der Waals surface area (Å²) in [7, 11) is 0. The Labute approximate surface area is 151 Å². The quantitative estimate of drug-likeness (QED) is 0.385. The first-order valence-corrected chi connectivity index (χ1v) is 9.44. The molecule has 23 heavy (non-hydrogen) atoms. The summed E-state index contributed by atoms with van der Waals surface area (Å²) in [4.78, 5) is 5.24. The van der Waals surface area contributed by atoms with Gasteiger partial charge in [-0.2, -0.15) is 3.11 Å².